The largest absolute Gasteiger partial charge is 0.466 e. The first-order valence-electron chi connectivity index (χ1n) is 25.9. The predicted octanol–water partition coefficient (Wildman–Crippen LogP) is 15.3. The van der Waals surface area contributed by atoms with Crippen LogP contribution in [0.4, 0.5) is 0 Å². The van der Waals surface area contributed by atoms with Gasteiger partial charge in [-0.05, 0) is 51.4 Å². The fourth-order valence-corrected chi connectivity index (χ4v) is 8.05. The van der Waals surface area contributed by atoms with E-state index in [2.05, 4.69) is 31.3 Å². The van der Waals surface area contributed by atoms with Crippen LogP contribution in [0.15, 0.2) is 12.2 Å². The summed E-state index contributed by atoms with van der Waals surface area (Å²) in [7, 11) is 0. The SMILES string of the molecule is CCCCCCC/C=C\CCCCCCCC(=O)OCCCCCCCCCCCCCCC(=O)NC(CO)C(O)CCCCCCCCCCCCCCCCC. The van der Waals surface area contributed by atoms with Crippen molar-refractivity contribution >= 4 is 11.9 Å². The highest BCUT2D eigenvalue weighted by molar-refractivity contribution is 5.76. The molecule has 2 unspecified atom stereocenters. The van der Waals surface area contributed by atoms with Gasteiger partial charge < -0.3 is 20.3 Å². The predicted molar refractivity (Wildman–Crippen MR) is 250 cm³/mol. The maximum atomic E-state index is 12.4. The summed E-state index contributed by atoms with van der Waals surface area (Å²) in [5, 5.41) is 23.2. The van der Waals surface area contributed by atoms with Crippen LogP contribution in [0.5, 0.6) is 0 Å². The molecule has 0 fully saturated rings. The molecule has 0 aliphatic rings. The number of aliphatic hydroxyl groups is 2. The van der Waals surface area contributed by atoms with E-state index in [-0.39, 0.29) is 18.5 Å². The zero-order valence-corrected chi connectivity index (χ0v) is 39.0. The molecule has 6 heteroatoms. The molecule has 0 rings (SSSR count). The van der Waals surface area contributed by atoms with E-state index in [1.807, 2.05) is 0 Å². The van der Waals surface area contributed by atoms with Gasteiger partial charge in [0.1, 0.15) is 0 Å². The lowest BCUT2D eigenvalue weighted by atomic mass is 10.0. The molecule has 0 aromatic carbocycles. The minimum absolute atomic E-state index is 0.0174. The van der Waals surface area contributed by atoms with Crippen molar-refractivity contribution in [3.05, 3.63) is 12.2 Å². The zero-order chi connectivity index (χ0) is 42.3. The Balaban J connectivity index is 3.46. The average Bonchev–Trinajstić information content (AvgIpc) is 3.22. The highest BCUT2D eigenvalue weighted by Gasteiger charge is 2.20. The Morgan fingerprint density at radius 3 is 1.22 bits per heavy atom. The lowest BCUT2D eigenvalue weighted by Gasteiger charge is -2.22. The van der Waals surface area contributed by atoms with Gasteiger partial charge in [-0.1, -0.05) is 231 Å². The van der Waals surface area contributed by atoms with Gasteiger partial charge in [-0.3, -0.25) is 9.59 Å². The maximum absolute atomic E-state index is 12.4. The van der Waals surface area contributed by atoms with Crippen LogP contribution in [0.1, 0.15) is 284 Å². The van der Waals surface area contributed by atoms with Gasteiger partial charge in [0.2, 0.25) is 5.91 Å². The average molecular weight is 820 g/mol. The maximum Gasteiger partial charge on any atom is 0.305 e. The quantitative estimate of drug-likeness (QED) is 0.0323. The standard InChI is InChI=1S/C52H101NO5/c1-3-5-7-9-11-13-15-17-19-20-24-28-32-36-40-44-50(55)49(48-54)53-51(56)45-41-37-33-29-25-22-23-27-31-35-39-43-47-58-52(57)46-42-38-34-30-26-21-18-16-14-12-10-8-6-4-2/h16,18,49-50,54-55H,3-15,17,19-48H2,1-2H3,(H,53,56)/b18-16-. The number of hydrogen-bond donors (Lipinski definition) is 3. The molecular weight excluding hydrogens is 719 g/mol. The Morgan fingerprint density at radius 1 is 0.466 bits per heavy atom. The summed E-state index contributed by atoms with van der Waals surface area (Å²) in [4.78, 5) is 24.5. The molecule has 0 bridgehead atoms. The molecule has 0 saturated carbocycles. The third kappa shape index (κ3) is 44.2. The van der Waals surface area contributed by atoms with Crippen molar-refractivity contribution in [1.29, 1.82) is 0 Å². The molecule has 0 aliphatic carbocycles. The Labute approximate surface area is 361 Å². The molecule has 2 atom stereocenters. The molecule has 0 aromatic rings. The first-order chi connectivity index (χ1) is 28.5. The Hall–Kier alpha value is -1.40. The number of unbranched alkanes of at least 4 members (excludes halogenated alkanes) is 35. The fourth-order valence-electron chi connectivity index (χ4n) is 8.05. The molecule has 0 heterocycles. The summed E-state index contributed by atoms with van der Waals surface area (Å²) in [6.45, 7) is 4.91. The van der Waals surface area contributed by atoms with Crippen LogP contribution in [0.2, 0.25) is 0 Å². The van der Waals surface area contributed by atoms with Crippen molar-refractivity contribution < 1.29 is 24.5 Å². The molecule has 0 radical (unpaired) electrons. The highest BCUT2D eigenvalue weighted by Crippen LogP contribution is 2.16. The lowest BCUT2D eigenvalue weighted by Crippen LogP contribution is -2.45. The van der Waals surface area contributed by atoms with Crippen LogP contribution in [-0.4, -0.2) is 47.4 Å². The van der Waals surface area contributed by atoms with Crippen LogP contribution in [0.25, 0.3) is 0 Å². The molecular formula is C52H101NO5. The van der Waals surface area contributed by atoms with E-state index in [0.717, 1.165) is 57.8 Å². The van der Waals surface area contributed by atoms with Gasteiger partial charge in [0.15, 0.2) is 0 Å². The Morgan fingerprint density at radius 2 is 0.810 bits per heavy atom. The number of carbonyl (C=O) groups is 2. The van der Waals surface area contributed by atoms with Crippen LogP contribution < -0.4 is 5.32 Å². The molecule has 3 N–H and O–H groups in total. The zero-order valence-electron chi connectivity index (χ0n) is 39.0. The van der Waals surface area contributed by atoms with Crippen molar-refractivity contribution in [3.8, 4) is 0 Å². The number of allylic oxidation sites excluding steroid dienone is 2. The van der Waals surface area contributed by atoms with Gasteiger partial charge in [0.25, 0.3) is 0 Å². The van der Waals surface area contributed by atoms with Crippen molar-refractivity contribution in [1.82, 2.24) is 5.32 Å². The first kappa shape index (κ1) is 56.6. The number of esters is 1. The van der Waals surface area contributed by atoms with E-state index in [1.54, 1.807) is 0 Å². The molecule has 0 spiro atoms. The number of ether oxygens (including phenoxy) is 1. The van der Waals surface area contributed by atoms with Gasteiger partial charge in [0.05, 0.1) is 25.4 Å². The number of hydrogen-bond acceptors (Lipinski definition) is 5. The Kier molecular flexibility index (Phi) is 47.1. The lowest BCUT2D eigenvalue weighted by molar-refractivity contribution is -0.143. The van der Waals surface area contributed by atoms with Crippen LogP contribution >= 0.6 is 0 Å². The number of rotatable bonds is 48. The van der Waals surface area contributed by atoms with Crippen molar-refractivity contribution in [2.75, 3.05) is 13.2 Å². The molecule has 1 amide bonds. The van der Waals surface area contributed by atoms with Crippen molar-refractivity contribution in [3.63, 3.8) is 0 Å². The summed E-state index contributed by atoms with van der Waals surface area (Å²) >= 11 is 0. The summed E-state index contributed by atoms with van der Waals surface area (Å²) in [6, 6.07) is -0.552. The number of nitrogens with one attached hydrogen (secondary N) is 1. The summed E-state index contributed by atoms with van der Waals surface area (Å²) in [5.41, 5.74) is 0. The molecule has 344 valence electrons. The Bertz CT molecular complexity index is 863. The number of carbonyl (C=O) groups excluding carboxylic acids is 2. The smallest absolute Gasteiger partial charge is 0.305 e. The summed E-state index contributed by atoms with van der Waals surface area (Å²) in [6.07, 6.45) is 54.6. The normalized spacial score (nSPS) is 12.7. The number of amides is 1. The molecule has 0 aromatic heterocycles. The minimum Gasteiger partial charge on any atom is -0.466 e. The van der Waals surface area contributed by atoms with Crippen molar-refractivity contribution in [2.24, 2.45) is 0 Å². The summed E-state index contributed by atoms with van der Waals surface area (Å²) < 4.78 is 5.45. The third-order valence-electron chi connectivity index (χ3n) is 12.1. The highest BCUT2D eigenvalue weighted by atomic mass is 16.5. The second-order valence-electron chi connectivity index (χ2n) is 17.9. The van der Waals surface area contributed by atoms with E-state index in [0.29, 0.717) is 25.9 Å². The van der Waals surface area contributed by atoms with Gasteiger partial charge in [-0.25, -0.2) is 0 Å². The topological polar surface area (TPSA) is 95.9 Å². The van der Waals surface area contributed by atoms with E-state index >= 15 is 0 Å². The number of aliphatic hydroxyl groups excluding tert-OH is 2. The van der Waals surface area contributed by atoms with Gasteiger partial charge in [-0.15, -0.1) is 0 Å². The molecule has 0 aliphatic heterocycles. The van der Waals surface area contributed by atoms with Crippen LogP contribution in [0.3, 0.4) is 0 Å². The van der Waals surface area contributed by atoms with Gasteiger partial charge in [-0.2, -0.15) is 0 Å². The first-order valence-corrected chi connectivity index (χ1v) is 25.9. The monoisotopic (exact) mass is 820 g/mol. The molecule has 6 nitrogen and oxygen atoms in total. The van der Waals surface area contributed by atoms with E-state index in [1.165, 1.54) is 193 Å². The van der Waals surface area contributed by atoms with Crippen LogP contribution in [0, 0.1) is 0 Å². The van der Waals surface area contributed by atoms with E-state index in [9.17, 15) is 19.8 Å². The minimum atomic E-state index is -0.673. The van der Waals surface area contributed by atoms with Gasteiger partial charge >= 0.3 is 5.97 Å². The second-order valence-corrected chi connectivity index (χ2v) is 17.9. The third-order valence-corrected chi connectivity index (χ3v) is 12.1. The fraction of sp³-hybridized carbons (Fsp3) is 0.923. The second kappa shape index (κ2) is 48.3. The van der Waals surface area contributed by atoms with E-state index < -0.39 is 12.1 Å². The molecule has 58 heavy (non-hydrogen) atoms. The van der Waals surface area contributed by atoms with E-state index in [4.69, 9.17) is 4.74 Å². The molecule has 0 saturated heterocycles. The van der Waals surface area contributed by atoms with Crippen molar-refractivity contribution in [2.45, 2.75) is 296 Å². The van der Waals surface area contributed by atoms with Crippen LogP contribution in [-0.2, 0) is 14.3 Å². The van der Waals surface area contributed by atoms with Gasteiger partial charge in [0, 0.05) is 12.8 Å². The summed E-state index contributed by atoms with van der Waals surface area (Å²) in [5.74, 6) is -0.0671.